The summed E-state index contributed by atoms with van der Waals surface area (Å²) in [6, 6.07) is 4.03. The second-order valence-electron chi connectivity index (χ2n) is 11.1. The molecule has 3 saturated carbocycles. The van der Waals surface area contributed by atoms with Crippen LogP contribution >= 0.6 is 0 Å². The fourth-order valence-corrected chi connectivity index (χ4v) is 7.59. The first-order valence-electron chi connectivity index (χ1n) is 12.1. The van der Waals surface area contributed by atoms with Crippen molar-refractivity contribution in [2.45, 2.75) is 90.4 Å². The minimum absolute atomic E-state index is 0.109. The van der Waals surface area contributed by atoms with Gasteiger partial charge in [-0.15, -0.1) is 0 Å². The summed E-state index contributed by atoms with van der Waals surface area (Å²) in [6.45, 7) is 13.2. The fourth-order valence-electron chi connectivity index (χ4n) is 7.59. The van der Waals surface area contributed by atoms with Gasteiger partial charge < -0.3 is 10.2 Å². The number of rotatable bonds is 3. The van der Waals surface area contributed by atoms with E-state index < -0.39 is 0 Å². The molecular weight excluding hydrogens is 368 g/mol. The van der Waals surface area contributed by atoms with E-state index in [0.717, 1.165) is 36.3 Å². The maximum Gasteiger partial charge on any atom is 0.123 e. The second-order valence-corrected chi connectivity index (χ2v) is 11.1. The van der Waals surface area contributed by atoms with E-state index in [9.17, 15) is 10.2 Å². The summed E-state index contributed by atoms with van der Waals surface area (Å²) in [6.07, 6.45) is 11.4. The lowest BCUT2D eigenvalue weighted by atomic mass is 9.54. The van der Waals surface area contributed by atoms with Gasteiger partial charge in [0.15, 0.2) is 0 Å². The molecule has 0 saturated heterocycles. The molecule has 0 radical (unpaired) electrons. The number of phenols is 2. The van der Waals surface area contributed by atoms with Crippen molar-refractivity contribution in [3.05, 3.63) is 47.1 Å². The highest BCUT2D eigenvalue weighted by atomic mass is 16.3. The van der Waals surface area contributed by atoms with Crippen LogP contribution in [0.25, 0.3) is 0 Å². The molecule has 30 heavy (non-hydrogen) atoms. The number of phenolic OH excluding ortho intramolecular Hbond substituents is 2. The van der Waals surface area contributed by atoms with Gasteiger partial charge in [-0.05, 0) is 112 Å². The van der Waals surface area contributed by atoms with E-state index >= 15 is 0 Å². The molecule has 0 heterocycles. The van der Waals surface area contributed by atoms with Crippen LogP contribution in [0.4, 0.5) is 0 Å². The zero-order valence-electron chi connectivity index (χ0n) is 19.4. The molecule has 0 aromatic heterocycles. The topological polar surface area (TPSA) is 40.5 Å². The van der Waals surface area contributed by atoms with Crippen molar-refractivity contribution in [1.82, 2.24) is 0 Å². The minimum atomic E-state index is 0.109. The molecule has 164 valence electrons. The van der Waals surface area contributed by atoms with Crippen molar-refractivity contribution in [1.29, 1.82) is 0 Å². The molecule has 2 nitrogen and oxygen atoms in total. The Labute approximate surface area is 183 Å². The monoisotopic (exact) mass is 408 g/mol. The largest absolute Gasteiger partial charge is 0.508 e. The average molecular weight is 409 g/mol. The molecule has 1 aromatic rings. The summed E-state index contributed by atoms with van der Waals surface area (Å²) in [7, 11) is 0. The Hall–Kier alpha value is -1.70. The van der Waals surface area contributed by atoms with Gasteiger partial charge >= 0.3 is 0 Å². The third-order valence-corrected chi connectivity index (χ3v) is 8.53. The number of benzene rings is 1. The normalized spacial score (nSPS) is 37.9. The van der Waals surface area contributed by atoms with Gasteiger partial charge in [-0.1, -0.05) is 37.6 Å². The molecule has 4 atom stereocenters. The van der Waals surface area contributed by atoms with Gasteiger partial charge in [-0.3, -0.25) is 0 Å². The Bertz CT molecular complexity index is 806. The van der Waals surface area contributed by atoms with E-state index in [-0.39, 0.29) is 11.3 Å². The number of hydrogen-bond acceptors (Lipinski definition) is 2. The number of hydrogen-bond donors (Lipinski definition) is 2. The van der Waals surface area contributed by atoms with Crippen molar-refractivity contribution < 1.29 is 10.2 Å². The third kappa shape index (κ3) is 3.83. The molecular formula is C28H40O2. The zero-order valence-corrected chi connectivity index (χ0v) is 19.4. The predicted octanol–water partition coefficient (Wildman–Crippen LogP) is 7.61. The van der Waals surface area contributed by atoms with Gasteiger partial charge in [0, 0.05) is 11.5 Å². The van der Waals surface area contributed by atoms with Gasteiger partial charge in [0.1, 0.15) is 11.5 Å². The van der Waals surface area contributed by atoms with Gasteiger partial charge in [-0.2, -0.15) is 0 Å². The standard InChI is InChI=1S/C28H40O2/c1-6-20-7-8-23(17(2)3)24(11-20)27-25(29)12-22(13-26(27)30)28-14-18(4)9-21(16-28)10-19(5)15-28/h6,12-13,18-19,21,23-24,29-30H,2,7-11,14-16H2,1,3-5H3/b20-6+/t18?,19?,21?,23?,24-,28?/m0/s1. The number of fused-ring (bicyclic) bond motifs is 2. The lowest BCUT2D eigenvalue weighted by Crippen LogP contribution is -2.42. The number of aromatic hydroxyl groups is 2. The molecule has 3 unspecified atom stereocenters. The fraction of sp³-hybridized carbons (Fsp3) is 0.643. The van der Waals surface area contributed by atoms with Crippen LogP contribution in [0.1, 0.15) is 96.1 Å². The van der Waals surface area contributed by atoms with Crippen LogP contribution in [0.3, 0.4) is 0 Å². The van der Waals surface area contributed by atoms with Gasteiger partial charge in [0.2, 0.25) is 0 Å². The van der Waals surface area contributed by atoms with Crippen LogP contribution < -0.4 is 0 Å². The summed E-state index contributed by atoms with van der Waals surface area (Å²) >= 11 is 0. The van der Waals surface area contributed by atoms with Crippen LogP contribution in [0.2, 0.25) is 0 Å². The molecule has 4 rings (SSSR count). The zero-order chi connectivity index (χ0) is 21.6. The van der Waals surface area contributed by atoms with E-state index in [1.54, 1.807) is 0 Å². The average Bonchev–Trinajstić information content (AvgIpc) is 2.65. The Kier molecular flexibility index (Phi) is 5.81. The molecule has 1 aromatic carbocycles. The van der Waals surface area contributed by atoms with Gasteiger partial charge in [-0.25, -0.2) is 0 Å². The molecule has 3 aliphatic carbocycles. The third-order valence-electron chi connectivity index (χ3n) is 8.53. The summed E-state index contributed by atoms with van der Waals surface area (Å²) < 4.78 is 0. The van der Waals surface area contributed by atoms with E-state index in [1.807, 2.05) is 12.1 Å². The van der Waals surface area contributed by atoms with Crippen molar-refractivity contribution in [3.8, 4) is 11.5 Å². The SMILES string of the molecule is C=C(C)C1CC/C(=C\C)C[C@@H]1c1c(O)cc(C23CC(C)CC(CC(C)C2)C3)cc1O. The van der Waals surface area contributed by atoms with Crippen LogP contribution in [-0.4, -0.2) is 10.2 Å². The van der Waals surface area contributed by atoms with Crippen molar-refractivity contribution in [3.63, 3.8) is 0 Å². The summed E-state index contributed by atoms with van der Waals surface area (Å²) in [5.74, 6) is 3.21. The smallest absolute Gasteiger partial charge is 0.123 e. The first-order chi connectivity index (χ1) is 14.2. The van der Waals surface area contributed by atoms with Gasteiger partial charge in [0.05, 0.1) is 0 Å². The Balaban J connectivity index is 1.74. The number of allylic oxidation sites excluding steroid dienone is 3. The van der Waals surface area contributed by atoms with E-state index in [1.165, 1.54) is 43.2 Å². The molecule has 0 aliphatic heterocycles. The maximum absolute atomic E-state index is 11.2. The Morgan fingerprint density at radius 2 is 1.67 bits per heavy atom. The molecule has 0 amide bonds. The van der Waals surface area contributed by atoms with E-state index in [4.69, 9.17) is 0 Å². The summed E-state index contributed by atoms with van der Waals surface area (Å²) in [5.41, 5.74) is 4.60. The lowest BCUT2D eigenvalue weighted by Gasteiger charge is -2.50. The van der Waals surface area contributed by atoms with Crippen LogP contribution in [0.5, 0.6) is 11.5 Å². The van der Waals surface area contributed by atoms with E-state index in [0.29, 0.717) is 29.3 Å². The highest BCUT2D eigenvalue weighted by Crippen LogP contribution is 2.56. The minimum Gasteiger partial charge on any atom is -0.508 e. The quantitative estimate of drug-likeness (QED) is 0.505. The Morgan fingerprint density at radius 1 is 1.07 bits per heavy atom. The van der Waals surface area contributed by atoms with Crippen molar-refractivity contribution in [2.75, 3.05) is 0 Å². The highest BCUT2D eigenvalue weighted by molar-refractivity contribution is 5.52. The molecule has 2 bridgehead atoms. The second kappa shape index (κ2) is 8.09. The molecule has 3 fully saturated rings. The highest BCUT2D eigenvalue weighted by Gasteiger charge is 2.46. The van der Waals surface area contributed by atoms with Crippen molar-refractivity contribution >= 4 is 0 Å². The van der Waals surface area contributed by atoms with Crippen LogP contribution in [-0.2, 0) is 5.41 Å². The molecule has 0 spiro atoms. The maximum atomic E-state index is 11.2. The van der Waals surface area contributed by atoms with Crippen LogP contribution in [0.15, 0.2) is 35.9 Å². The lowest BCUT2D eigenvalue weighted by molar-refractivity contribution is 0.0776. The first-order valence-corrected chi connectivity index (χ1v) is 12.1. The molecule has 3 aliphatic rings. The predicted molar refractivity (Wildman–Crippen MR) is 125 cm³/mol. The van der Waals surface area contributed by atoms with Gasteiger partial charge in [0.25, 0.3) is 0 Å². The summed E-state index contributed by atoms with van der Waals surface area (Å²) in [4.78, 5) is 0. The molecule has 2 heteroatoms. The molecule has 2 N–H and O–H groups in total. The van der Waals surface area contributed by atoms with E-state index in [2.05, 4.69) is 40.3 Å². The summed E-state index contributed by atoms with van der Waals surface area (Å²) in [5, 5.41) is 22.5. The van der Waals surface area contributed by atoms with Crippen molar-refractivity contribution in [2.24, 2.45) is 23.7 Å². The first kappa shape index (κ1) is 21.5. The Morgan fingerprint density at radius 3 is 2.20 bits per heavy atom. The van der Waals surface area contributed by atoms with Crippen LogP contribution in [0, 0.1) is 23.7 Å².